The first kappa shape index (κ1) is 15.6. The molecule has 1 N–H and O–H groups in total. The van der Waals surface area contributed by atoms with Gasteiger partial charge in [0, 0.05) is 29.7 Å². The summed E-state index contributed by atoms with van der Waals surface area (Å²) in [6.45, 7) is 1.24. The van der Waals surface area contributed by atoms with Crippen LogP contribution in [0.3, 0.4) is 0 Å². The first-order chi connectivity index (χ1) is 11.1. The second-order valence-electron chi connectivity index (χ2n) is 5.56. The van der Waals surface area contributed by atoms with Crippen LogP contribution in [0, 0.1) is 0 Å². The number of likely N-dealkylation sites (tertiary alicyclic amines) is 1. The smallest absolute Gasteiger partial charge is 0.257 e. The third kappa shape index (κ3) is 3.74. The van der Waals surface area contributed by atoms with Crippen LogP contribution in [0.15, 0.2) is 47.3 Å². The van der Waals surface area contributed by atoms with Crippen LogP contribution in [-0.2, 0) is 0 Å². The molecule has 0 atom stereocenters. The van der Waals surface area contributed by atoms with Crippen LogP contribution in [0.4, 0.5) is 0 Å². The monoisotopic (exact) mass is 332 g/mol. The number of carbonyl (C=O) groups is 2. The van der Waals surface area contributed by atoms with Crippen molar-refractivity contribution >= 4 is 23.4 Å². The molecule has 3 rings (SSSR count). The Labute approximate surface area is 139 Å². The van der Waals surface area contributed by atoms with E-state index in [1.54, 1.807) is 35.2 Å². The van der Waals surface area contributed by atoms with Crippen LogP contribution in [0.25, 0.3) is 0 Å². The quantitative estimate of drug-likeness (QED) is 0.940. The predicted octanol–water partition coefficient (Wildman–Crippen LogP) is 2.97. The number of hydrogen-bond acceptors (Lipinski definition) is 3. The van der Waals surface area contributed by atoms with Crippen molar-refractivity contribution in [3.8, 4) is 0 Å². The lowest BCUT2D eigenvalue weighted by molar-refractivity contribution is 0.0697. The third-order valence-corrected chi connectivity index (χ3v) is 4.24. The number of nitrogens with zero attached hydrogens (tertiary/aromatic N) is 1. The Balaban J connectivity index is 1.52. The fourth-order valence-corrected chi connectivity index (χ4v) is 2.79. The molecule has 1 aliphatic heterocycles. The highest BCUT2D eigenvalue weighted by Crippen LogP contribution is 2.15. The molecule has 1 saturated heterocycles. The van der Waals surface area contributed by atoms with Gasteiger partial charge in [0.05, 0.1) is 11.8 Å². The summed E-state index contributed by atoms with van der Waals surface area (Å²) < 4.78 is 4.94. The zero-order valence-electron chi connectivity index (χ0n) is 12.5. The van der Waals surface area contributed by atoms with Gasteiger partial charge < -0.3 is 14.6 Å². The van der Waals surface area contributed by atoms with E-state index in [1.807, 2.05) is 0 Å². The van der Waals surface area contributed by atoms with Gasteiger partial charge in [-0.15, -0.1) is 0 Å². The highest BCUT2D eigenvalue weighted by atomic mass is 35.5. The average molecular weight is 333 g/mol. The number of carbonyl (C=O) groups excluding carboxylic acids is 2. The van der Waals surface area contributed by atoms with Gasteiger partial charge in [0.2, 0.25) is 0 Å². The van der Waals surface area contributed by atoms with Gasteiger partial charge in [0.15, 0.2) is 0 Å². The van der Waals surface area contributed by atoms with E-state index in [9.17, 15) is 9.59 Å². The normalized spacial score (nSPS) is 15.4. The zero-order chi connectivity index (χ0) is 16.2. The fourth-order valence-electron chi connectivity index (χ4n) is 2.67. The Bertz CT molecular complexity index is 674. The van der Waals surface area contributed by atoms with E-state index < -0.39 is 0 Å². The SMILES string of the molecule is O=C(NC1CCN(C(=O)c2ccoc2)CC1)c1ccc(Cl)cc1. The molecule has 1 aromatic heterocycles. The lowest BCUT2D eigenvalue weighted by atomic mass is 10.0. The predicted molar refractivity (Wildman–Crippen MR) is 86.6 cm³/mol. The molecular weight excluding hydrogens is 316 g/mol. The Hall–Kier alpha value is -2.27. The lowest BCUT2D eigenvalue weighted by Gasteiger charge is -2.32. The van der Waals surface area contributed by atoms with Gasteiger partial charge in [-0.1, -0.05) is 11.6 Å². The number of amides is 2. The van der Waals surface area contributed by atoms with Crippen molar-refractivity contribution in [2.75, 3.05) is 13.1 Å². The summed E-state index contributed by atoms with van der Waals surface area (Å²) in [7, 11) is 0. The van der Waals surface area contributed by atoms with Crippen LogP contribution in [-0.4, -0.2) is 35.8 Å². The van der Waals surface area contributed by atoms with E-state index in [0.29, 0.717) is 29.2 Å². The molecule has 2 heterocycles. The maximum absolute atomic E-state index is 12.2. The van der Waals surface area contributed by atoms with E-state index >= 15 is 0 Å². The molecule has 5 nitrogen and oxygen atoms in total. The maximum Gasteiger partial charge on any atom is 0.257 e. The number of nitrogens with one attached hydrogen (secondary N) is 1. The average Bonchev–Trinajstić information content (AvgIpc) is 3.10. The van der Waals surface area contributed by atoms with Crippen LogP contribution in [0.1, 0.15) is 33.6 Å². The van der Waals surface area contributed by atoms with E-state index in [0.717, 1.165) is 12.8 Å². The molecule has 0 unspecified atom stereocenters. The van der Waals surface area contributed by atoms with E-state index in [-0.39, 0.29) is 17.9 Å². The van der Waals surface area contributed by atoms with E-state index in [2.05, 4.69) is 5.32 Å². The van der Waals surface area contributed by atoms with Gasteiger partial charge in [-0.25, -0.2) is 0 Å². The molecule has 120 valence electrons. The number of piperidine rings is 1. The van der Waals surface area contributed by atoms with E-state index in [4.69, 9.17) is 16.0 Å². The second-order valence-corrected chi connectivity index (χ2v) is 6.00. The number of halogens is 1. The minimum absolute atomic E-state index is 0.0266. The zero-order valence-corrected chi connectivity index (χ0v) is 13.3. The molecule has 0 bridgehead atoms. The number of hydrogen-bond donors (Lipinski definition) is 1. The van der Waals surface area contributed by atoms with Crippen LogP contribution >= 0.6 is 11.6 Å². The Morgan fingerprint density at radius 2 is 1.78 bits per heavy atom. The maximum atomic E-state index is 12.2. The standard InChI is InChI=1S/C17H17ClN2O3/c18-14-3-1-12(2-4-14)16(21)19-15-5-8-20(9-6-15)17(22)13-7-10-23-11-13/h1-4,7,10-11,15H,5-6,8-9H2,(H,19,21). The van der Waals surface area contributed by atoms with Gasteiger partial charge in [-0.3, -0.25) is 9.59 Å². The van der Waals surface area contributed by atoms with Crippen molar-refractivity contribution in [3.05, 3.63) is 59.0 Å². The summed E-state index contributed by atoms with van der Waals surface area (Å²) >= 11 is 5.82. The summed E-state index contributed by atoms with van der Waals surface area (Å²) in [6, 6.07) is 8.54. The summed E-state index contributed by atoms with van der Waals surface area (Å²) in [5.74, 6) is -0.137. The molecule has 0 spiro atoms. The summed E-state index contributed by atoms with van der Waals surface area (Å²) in [5.41, 5.74) is 1.15. The summed E-state index contributed by atoms with van der Waals surface area (Å²) in [4.78, 5) is 26.2. The lowest BCUT2D eigenvalue weighted by Crippen LogP contribution is -2.46. The molecule has 23 heavy (non-hydrogen) atoms. The Kier molecular flexibility index (Phi) is 4.67. The van der Waals surface area contributed by atoms with Crippen molar-refractivity contribution in [2.45, 2.75) is 18.9 Å². The second kappa shape index (κ2) is 6.87. The number of benzene rings is 1. The van der Waals surface area contributed by atoms with Gasteiger partial charge in [-0.05, 0) is 43.2 Å². The largest absolute Gasteiger partial charge is 0.472 e. The van der Waals surface area contributed by atoms with Crippen molar-refractivity contribution in [1.29, 1.82) is 0 Å². The molecule has 6 heteroatoms. The summed E-state index contributed by atoms with van der Waals surface area (Å²) in [5, 5.41) is 3.61. The third-order valence-electron chi connectivity index (χ3n) is 3.99. The molecule has 1 fully saturated rings. The minimum Gasteiger partial charge on any atom is -0.472 e. The van der Waals surface area contributed by atoms with Crippen LogP contribution < -0.4 is 5.32 Å². The van der Waals surface area contributed by atoms with Gasteiger partial charge in [0.1, 0.15) is 6.26 Å². The van der Waals surface area contributed by atoms with Crippen molar-refractivity contribution in [1.82, 2.24) is 10.2 Å². The fraction of sp³-hybridized carbons (Fsp3) is 0.294. The van der Waals surface area contributed by atoms with Crippen molar-refractivity contribution in [2.24, 2.45) is 0 Å². The highest BCUT2D eigenvalue weighted by molar-refractivity contribution is 6.30. The summed E-state index contributed by atoms with van der Waals surface area (Å²) in [6.07, 6.45) is 4.43. The van der Waals surface area contributed by atoms with Crippen molar-refractivity contribution in [3.63, 3.8) is 0 Å². The Morgan fingerprint density at radius 3 is 2.39 bits per heavy atom. The first-order valence-corrected chi connectivity index (χ1v) is 7.89. The highest BCUT2D eigenvalue weighted by Gasteiger charge is 2.25. The molecular formula is C17H17ClN2O3. The minimum atomic E-state index is -0.110. The van der Waals surface area contributed by atoms with Gasteiger partial charge in [-0.2, -0.15) is 0 Å². The van der Waals surface area contributed by atoms with Crippen molar-refractivity contribution < 1.29 is 14.0 Å². The number of rotatable bonds is 3. The van der Waals surface area contributed by atoms with Crippen LogP contribution in [0.5, 0.6) is 0 Å². The van der Waals surface area contributed by atoms with Gasteiger partial charge in [0.25, 0.3) is 11.8 Å². The first-order valence-electron chi connectivity index (χ1n) is 7.51. The molecule has 0 aliphatic carbocycles. The Morgan fingerprint density at radius 1 is 1.09 bits per heavy atom. The molecule has 2 amide bonds. The number of furan rings is 1. The van der Waals surface area contributed by atoms with E-state index in [1.165, 1.54) is 12.5 Å². The molecule has 1 aromatic carbocycles. The van der Waals surface area contributed by atoms with Gasteiger partial charge >= 0.3 is 0 Å². The molecule has 2 aromatic rings. The molecule has 0 saturated carbocycles. The molecule has 0 radical (unpaired) electrons. The topological polar surface area (TPSA) is 62.6 Å². The molecule has 1 aliphatic rings. The van der Waals surface area contributed by atoms with Crippen LogP contribution in [0.2, 0.25) is 5.02 Å².